The molecule has 0 spiro atoms. The van der Waals surface area contributed by atoms with Gasteiger partial charge in [0.1, 0.15) is 0 Å². The van der Waals surface area contributed by atoms with Crippen molar-refractivity contribution >= 4 is 44.8 Å². The average Bonchev–Trinajstić information content (AvgIpc) is 2.76. The summed E-state index contributed by atoms with van der Waals surface area (Å²) in [5, 5.41) is 2.00. The van der Waals surface area contributed by atoms with E-state index in [0.717, 1.165) is 20.7 Å². The number of carbonyl (C=O) groups excluding carboxylic acids is 1. The molecule has 1 aromatic carbocycles. The quantitative estimate of drug-likeness (QED) is 0.559. The Balaban J connectivity index is 2.04. The number of carbonyl (C=O) groups is 1. The first-order valence-electron chi connectivity index (χ1n) is 5.68. The molecule has 0 fully saturated rings. The lowest BCUT2D eigenvalue weighted by Crippen LogP contribution is -2.01. The molecule has 0 unspecified atom stereocenters. The van der Waals surface area contributed by atoms with Gasteiger partial charge in [-0.05, 0) is 39.9 Å². The highest BCUT2D eigenvalue weighted by molar-refractivity contribution is 9.10. The summed E-state index contributed by atoms with van der Waals surface area (Å²) in [7, 11) is 0. The maximum Gasteiger partial charge on any atom is 0.168 e. The summed E-state index contributed by atoms with van der Waals surface area (Å²) in [5.74, 6) is 1.23. The fraction of sp³-hybridized carbons (Fsp3) is 0.214. The molecule has 0 aliphatic carbocycles. The molecule has 1 nitrogen and oxygen atoms in total. The van der Waals surface area contributed by atoms with Gasteiger partial charge in [-0.3, -0.25) is 4.79 Å². The lowest BCUT2D eigenvalue weighted by atomic mass is 10.1. The Morgan fingerprint density at radius 1 is 1.33 bits per heavy atom. The van der Waals surface area contributed by atoms with Crippen molar-refractivity contribution in [2.45, 2.75) is 18.2 Å². The van der Waals surface area contributed by atoms with Gasteiger partial charge in [0.25, 0.3) is 0 Å². The molecule has 1 heterocycles. The van der Waals surface area contributed by atoms with Crippen molar-refractivity contribution in [2.24, 2.45) is 0 Å². The highest BCUT2D eigenvalue weighted by Gasteiger charge is 2.08. The maximum atomic E-state index is 12.1. The summed E-state index contributed by atoms with van der Waals surface area (Å²) in [5.41, 5.74) is 0.792. The van der Waals surface area contributed by atoms with Crippen molar-refractivity contribution in [1.29, 1.82) is 0 Å². The molecule has 0 radical (unpaired) electrons. The number of thiophene rings is 1. The molecule has 18 heavy (non-hydrogen) atoms. The highest BCUT2D eigenvalue weighted by atomic mass is 79.9. The number of Topliss-reactive ketones (excluding diaryl/α,β-unsaturated/α-hetero) is 1. The Kier molecular flexibility index (Phi) is 5.03. The van der Waals surface area contributed by atoms with Gasteiger partial charge in [-0.15, -0.1) is 23.1 Å². The van der Waals surface area contributed by atoms with Gasteiger partial charge in [0.2, 0.25) is 0 Å². The Morgan fingerprint density at radius 3 is 2.61 bits per heavy atom. The molecule has 4 heteroatoms. The van der Waals surface area contributed by atoms with Crippen LogP contribution in [0.25, 0.3) is 0 Å². The van der Waals surface area contributed by atoms with E-state index in [4.69, 9.17) is 0 Å². The Morgan fingerprint density at radius 2 is 2.06 bits per heavy atom. The second-order valence-electron chi connectivity index (χ2n) is 3.79. The minimum Gasteiger partial charge on any atom is -0.294 e. The summed E-state index contributed by atoms with van der Waals surface area (Å²) in [6.07, 6.45) is 0.483. The predicted octanol–water partition coefficient (Wildman–Crippen LogP) is 5.05. The normalized spacial score (nSPS) is 10.6. The molecule has 0 N–H and O–H groups in total. The van der Waals surface area contributed by atoms with E-state index in [1.807, 2.05) is 35.7 Å². The summed E-state index contributed by atoms with van der Waals surface area (Å²) in [6, 6.07) is 9.88. The van der Waals surface area contributed by atoms with Gasteiger partial charge in [0, 0.05) is 31.6 Å². The molecule has 94 valence electrons. The van der Waals surface area contributed by atoms with Gasteiger partial charge < -0.3 is 0 Å². The van der Waals surface area contributed by atoms with Crippen LogP contribution >= 0.6 is 39.0 Å². The first-order valence-corrected chi connectivity index (χ1v) is 8.34. The highest BCUT2D eigenvalue weighted by Crippen LogP contribution is 2.22. The molecule has 0 amide bonds. The Bertz CT molecular complexity index is 531. The second kappa shape index (κ2) is 6.55. The third kappa shape index (κ3) is 3.70. The number of hydrogen-bond donors (Lipinski definition) is 0. The van der Waals surface area contributed by atoms with Crippen LogP contribution in [0.3, 0.4) is 0 Å². The van der Waals surface area contributed by atoms with Crippen LogP contribution < -0.4 is 0 Å². The smallest absolute Gasteiger partial charge is 0.168 e. The van der Waals surface area contributed by atoms with Crippen LogP contribution in [0.1, 0.15) is 22.2 Å². The second-order valence-corrected chi connectivity index (χ2v) is 7.04. The number of rotatable bonds is 5. The van der Waals surface area contributed by atoms with Crippen molar-refractivity contribution in [3.05, 3.63) is 50.6 Å². The molecule has 0 bridgehead atoms. The van der Waals surface area contributed by atoms with Crippen LogP contribution in [0.15, 0.2) is 45.1 Å². The third-order valence-electron chi connectivity index (χ3n) is 2.44. The van der Waals surface area contributed by atoms with E-state index in [1.165, 1.54) is 4.90 Å². The van der Waals surface area contributed by atoms with Gasteiger partial charge >= 0.3 is 0 Å². The molecule has 2 rings (SSSR count). The van der Waals surface area contributed by atoms with Crippen LogP contribution in [-0.4, -0.2) is 11.5 Å². The van der Waals surface area contributed by atoms with Crippen molar-refractivity contribution in [1.82, 2.24) is 0 Å². The average molecular weight is 341 g/mol. The first kappa shape index (κ1) is 13.8. The topological polar surface area (TPSA) is 17.1 Å². The van der Waals surface area contributed by atoms with E-state index in [0.29, 0.717) is 6.42 Å². The summed E-state index contributed by atoms with van der Waals surface area (Å²) in [6.45, 7) is 2.12. The zero-order valence-corrected chi connectivity index (χ0v) is 13.2. The molecule has 0 saturated heterocycles. The number of ketones is 1. The van der Waals surface area contributed by atoms with E-state index in [1.54, 1.807) is 23.1 Å². The number of benzene rings is 1. The van der Waals surface area contributed by atoms with E-state index < -0.39 is 0 Å². The fourth-order valence-corrected chi connectivity index (χ4v) is 3.72. The minimum atomic E-state index is 0.178. The molecule has 0 saturated carbocycles. The molecular formula is C14H13BrOS2. The van der Waals surface area contributed by atoms with Crippen LogP contribution in [0, 0.1) is 0 Å². The number of hydrogen-bond acceptors (Lipinski definition) is 3. The third-order valence-corrected chi connectivity index (χ3v) is 5.04. The van der Waals surface area contributed by atoms with Crippen LogP contribution in [-0.2, 0) is 6.42 Å². The first-order chi connectivity index (χ1) is 8.69. The van der Waals surface area contributed by atoms with Crippen molar-refractivity contribution in [3.8, 4) is 0 Å². The molecule has 1 aromatic heterocycles. The monoisotopic (exact) mass is 340 g/mol. The molecule has 0 atom stereocenters. The van der Waals surface area contributed by atoms with Crippen LogP contribution in [0.2, 0.25) is 0 Å². The van der Waals surface area contributed by atoms with Crippen molar-refractivity contribution in [3.63, 3.8) is 0 Å². The van der Waals surface area contributed by atoms with E-state index in [2.05, 4.69) is 22.9 Å². The van der Waals surface area contributed by atoms with Gasteiger partial charge in [-0.1, -0.05) is 19.1 Å². The van der Waals surface area contributed by atoms with Crippen molar-refractivity contribution in [2.75, 3.05) is 5.75 Å². The van der Waals surface area contributed by atoms with Gasteiger partial charge in [-0.25, -0.2) is 0 Å². The Hall–Kier alpha value is -0.580. The fourth-order valence-electron chi connectivity index (χ4n) is 1.61. The Labute approximate surface area is 124 Å². The summed E-state index contributed by atoms with van der Waals surface area (Å²) < 4.78 is 1.05. The molecular weight excluding hydrogens is 328 g/mol. The maximum absolute atomic E-state index is 12.1. The van der Waals surface area contributed by atoms with Crippen molar-refractivity contribution < 1.29 is 4.79 Å². The summed E-state index contributed by atoms with van der Waals surface area (Å²) >= 11 is 6.80. The molecule has 2 aromatic rings. The predicted molar refractivity (Wildman–Crippen MR) is 82.9 cm³/mol. The molecule has 0 aliphatic heterocycles. The van der Waals surface area contributed by atoms with Crippen LogP contribution in [0.4, 0.5) is 0 Å². The SMILES string of the molecule is CCSc1ccc(C(=O)Cc2cc(Br)cs2)cc1. The standard InChI is InChI=1S/C14H13BrOS2/c1-2-17-12-5-3-10(4-6-12)14(16)8-13-7-11(15)9-18-13/h3-7,9H,2,8H2,1H3. The number of thioether (sulfide) groups is 1. The van der Waals surface area contributed by atoms with Gasteiger partial charge in [0.15, 0.2) is 5.78 Å². The lowest BCUT2D eigenvalue weighted by Gasteiger charge is -2.01. The largest absolute Gasteiger partial charge is 0.294 e. The lowest BCUT2D eigenvalue weighted by molar-refractivity contribution is 0.0994. The van der Waals surface area contributed by atoms with E-state index in [9.17, 15) is 4.79 Å². The number of halogens is 1. The van der Waals surface area contributed by atoms with E-state index >= 15 is 0 Å². The van der Waals surface area contributed by atoms with Gasteiger partial charge in [-0.2, -0.15) is 0 Å². The minimum absolute atomic E-state index is 0.178. The zero-order valence-electron chi connectivity index (χ0n) is 9.98. The molecule has 0 aliphatic rings. The zero-order chi connectivity index (χ0) is 13.0. The van der Waals surface area contributed by atoms with E-state index in [-0.39, 0.29) is 5.78 Å². The summed E-state index contributed by atoms with van der Waals surface area (Å²) in [4.78, 5) is 14.4. The van der Waals surface area contributed by atoms with Gasteiger partial charge in [0.05, 0.1) is 0 Å². The van der Waals surface area contributed by atoms with Crippen LogP contribution in [0.5, 0.6) is 0 Å².